The molecule has 0 saturated carbocycles. The van der Waals surface area contributed by atoms with Gasteiger partial charge in [-0.05, 0) is 67.1 Å². The van der Waals surface area contributed by atoms with Gasteiger partial charge in [0.25, 0.3) is 5.91 Å². The normalized spacial score (nSPS) is 17.2. The number of piperidine rings is 1. The third-order valence-electron chi connectivity index (χ3n) is 4.96. The smallest absolute Gasteiger partial charge is 0.254 e. The first kappa shape index (κ1) is 17.2. The molecule has 0 unspecified atom stereocenters. The monoisotopic (exact) mass is 333 g/mol. The molecule has 1 amide bonds. The molecule has 1 aliphatic heterocycles. The number of hydrogen-bond donors (Lipinski definition) is 1. The zero-order valence-electron chi connectivity index (χ0n) is 14.5. The Balaban J connectivity index is 1.82. The molecule has 0 radical (unpaired) electrons. The van der Waals surface area contributed by atoms with E-state index in [0.29, 0.717) is 17.7 Å². The van der Waals surface area contributed by atoms with E-state index < -0.39 is 0 Å². The summed E-state index contributed by atoms with van der Waals surface area (Å²) in [6.07, 6.45) is 3.18. The van der Waals surface area contributed by atoms with Crippen LogP contribution in [0.25, 0.3) is 11.1 Å². The summed E-state index contributed by atoms with van der Waals surface area (Å²) in [6.45, 7) is 3.31. The van der Waals surface area contributed by atoms with Crippen molar-refractivity contribution >= 4 is 5.91 Å². The Hall–Kier alpha value is -2.64. The zero-order chi connectivity index (χ0) is 17.8. The second-order valence-electron chi connectivity index (χ2n) is 6.60. The van der Waals surface area contributed by atoms with Crippen molar-refractivity contribution in [3.05, 3.63) is 59.2 Å². The molecule has 2 aromatic rings. The number of carbonyl (C=O) groups excluding carboxylic acids is 1. The van der Waals surface area contributed by atoms with Gasteiger partial charge in [0.1, 0.15) is 0 Å². The lowest BCUT2D eigenvalue weighted by Gasteiger charge is -2.35. The number of likely N-dealkylation sites (tertiary alicyclic amines) is 1. The van der Waals surface area contributed by atoms with Crippen LogP contribution in [0.15, 0.2) is 42.5 Å². The molecule has 25 heavy (non-hydrogen) atoms. The molecule has 0 aliphatic carbocycles. The molecule has 0 aromatic heterocycles. The number of rotatable bonds is 3. The van der Waals surface area contributed by atoms with Crippen LogP contribution in [0.4, 0.5) is 0 Å². The van der Waals surface area contributed by atoms with Gasteiger partial charge in [-0.25, -0.2) is 0 Å². The molecule has 0 spiro atoms. The molecule has 2 N–H and O–H groups in total. The number of hydrogen-bond acceptors (Lipinski definition) is 3. The fraction of sp³-hybridized carbons (Fsp3) is 0.333. The molecular weight excluding hydrogens is 310 g/mol. The highest BCUT2D eigenvalue weighted by Crippen LogP contribution is 2.26. The molecule has 1 fully saturated rings. The van der Waals surface area contributed by atoms with Crippen LogP contribution in [-0.2, 0) is 0 Å². The number of nitrogens with two attached hydrogens (primary N) is 1. The summed E-state index contributed by atoms with van der Waals surface area (Å²) in [4.78, 5) is 14.7. The van der Waals surface area contributed by atoms with Gasteiger partial charge >= 0.3 is 0 Å². The van der Waals surface area contributed by atoms with Crippen LogP contribution in [0.2, 0.25) is 0 Å². The van der Waals surface area contributed by atoms with Crippen molar-refractivity contribution in [1.82, 2.24) is 4.90 Å². The molecule has 1 atom stereocenters. The summed E-state index contributed by atoms with van der Waals surface area (Å²) < 4.78 is 0. The summed E-state index contributed by atoms with van der Waals surface area (Å²) in [7, 11) is 0. The van der Waals surface area contributed by atoms with Gasteiger partial charge in [-0.3, -0.25) is 4.79 Å². The molecule has 2 aromatic carbocycles. The highest BCUT2D eigenvalue weighted by molar-refractivity contribution is 5.95. The fourth-order valence-corrected chi connectivity index (χ4v) is 3.53. The summed E-state index contributed by atoms with van der Waals surface area (Å²) in [6, 6.07) is 15.7. The van der Waals surface area contributed by atoms with Gasteiger partial charge in [0.05, 0.1) is 11.6 Å². The lowest BCUT2D eigenvalue weighted by atomic mass is 9.97. The van der Waals surface area contributed by atoms with Crippen LogP contribution >= 0.6 is 0 Å². The molecule has 1 saturated heterocycles. The van der Waals surface area contributed by atoms with Gasteiger partial charge < -0.3 is 10.6 Å². The van der Waals surface area contributed by atoms with Crippen molar-refractivity contribution in [2.75, 3.05) is 13.1 Å². The summed E-state index contributed by atoms with van der Waals surface area (Å²) in [5, 5.41) is 8.99. The second kappa shape index (κ2) is 7.50. The van der Waals surface area contributed by atoms with Crippen molar-refractivity contribution in [3.63, 3.8) is 0 Å². The van der Waals surface area contributed by atoms with E-state index in [4.69, 9.17) is 11.0 Å². The Morgan fingerprint density at radius 3 is 2.64 bits per heavy atom. The Morgan fingerprint density at radius 2 is 2.00 bits per heavy atom. The number of benzene rings is 2. The standard InChI is InChI=1S/C21H23N3O/c1-15-12-16(13-22)5-10-20(15)17-6-8-18(9-7-17)21(25)24-11-3-2-4-19(24)14-23/h5-10,12,19H,2-4,11,14,23H2,1H3/t19-/m1/s1. The van der Waals surface area contributed by atoms with Gasteiger partial charge in [0.15, 0.2) is 0 Å². The van der Waals surface area contributed by atoms with Gasteiger partial charge in [-0.1, -0.05) is 18.2 Å². The molecule has 4 heteroatoms. The van der Waals surface area contributed by atoms with E-state index in [0.717, 1.165) is 42.5 Å². The average molecular weight is 333 g/mol. The number of nitrogens with zero attached hydrogens (tertiary/aromatic N) is 2. The van der Waals surface area contributed by atoms with Crippen LogP contribution in [0.5, 0.6) is 0 Å². The Labute approximate surface area is 148 Å². The highest BCUT2D eigenvalue weighted by Gasteiger charge is 2.26. The molecule has 3 rings (SSSR count). The van der Waals surface area contributed by atoms with E-state index in [1.54, 1.807) is 0 Å². The Morgan fingerprint density at radius 1 is 1.24 bits per heavy atom. The maximum absolute atomic E-state index is 12.8. The van der Waals surface area contributed by atoms with Crippen LogP contribution in [0, 0.1) is 18.3 Å². The van der Waals surface area contributed by atoms with E-state index >= 15 is 0 Å². The van der Waals surface area contributed by atoms with Crippen LogP contribution in [0.3, 0.4) is 0 Å². The van der Waals surface area contributed by atoms with Crippen LogP contribution < -0.4 is 5.73 Å². The van der Waals surface area contributed by atoms with Crippen LogP contribution in [-0.4, -0.2) is 29.9 Å². The summed E-state index contributed by atoms with van der Waals surface area (Å²) >= 11 is 0. The molecular formula is C21H23N3O. The minimum absolute atomic E-state index is 0.0678. The van der Waals surface area contributed by atoms with E-state index in [9.17, 15) is 4.79 Å². The van der Waals surface area contributed by atoms with Crippen molar-refractivity contribution in [2.45, 2.75) is 32.2 Å². The molecule has 4 nitrogen and oxygen atoms in total. The lowest BCUT2D eigenvalue weighted by molar-refractivity contribution is 0.0623. The van der Waals surface area contributed by atoms with Gasteiger partial charge in [-0.2, -0.15) is 5.26 Å². The van der Waals surface area contributed by atoms with Crippen molar-refractivity contribution < 1.29 is 4.79 Å². The summed E-state index contributed by atoms with van der Waals surface area (Å²) in [5.41, 5.74) is 10.4. The van der Waals surface area contributed by atoms with E-state index in [-0.39, 0.29) is 11.9 Å². The topological polar surface area (TPSA) is 70.1 Å². The van der Waals surface area contributed by atoms with Gasteiger partial charge in [0.2, 0.25) is 0 Å². The third-order valence-corrected chi connectivity index (χ3v) is 4.96. The predicted octanol–water partition coefficient (Wildman–Crippen LogP) is 3.49. The van der Waals surface area contributed by atoms with Crippen molar-refractivity contribution in [1.29, 1.82) is 5.26 Å². The first-order valence-electron chi connectivity index (χ1n) is 8.76. The van der Waals surface area contributed by atoms with E-state index in [1.165, 1.54) is 0 Å². The minimum atomic E-state index is 0.0678. The fourth-order valence-electron chi connectivity index (χ4n) is 3.53. The van der Waals surface area contributed by atoms with Gasteiger partial charge in [-0.15, -0.1) is 0 Å². The molecule has 128 valence electrons. The molecule has 0 bridgehead atoms. The molecule has 1 aliphatic rings. The third kappa shape index (κ3) is 3.57. The molecule has 1 heterocycles. The number of nitriles is 1. The average Bonchev–Trinajstić information content (AvgIpc) is 2.67. The van der Waals surface area contributed by atoms with E-state index in [1.807, 2.05) is 54.3 Å². The Bertz CT molecular complexity index is 805. The quantitative estimate of drug-likeness (QED) is 0.935. The number of aryl methyl sites for hydroxylation is 1. The Kier molecular flexibility index (Phi) is 5.16. The van der Waals surface area contributed by atoms with Gasteiger partial charge in [0, 0.05) is 24.7 Å². The van der Waals surface area contributed by atoms with E-state index in [2.05, 4.69) is 6.07 Å². The number of carbonyl (C=O) groups is 1. The SMILES string of the molecule is Cc1cc(C#N)ccc1-c1ccc(C(=O)N2CCCC[C@@H]2CN)cc1. The first-order chi connectivity index (χ1) is 12.1. The number of amides is 1. The van der Waals surface area contributed by atoms with Crippen molar-refractivity contribution in [2.24, 2.45) is 5.73 Å². The van der Waals surface area contributed by atoms with Crippen LogP contribution in [0.1, 0.15) is 40.7 Å². The maximum Gasteiger partial charge on any atom is 0.254 e. The minimum Gasteiger partial charge on any atom is -0.334 e. The maximum atomic E-state index is 12.8. The second-order valence-corrected chi connectivity index (χ2v) is 6.60. The highest BCUT2D eigenvalue weighted by atomic mass is 16.2. The largest absolute Gasteiger partial charge is 0.334 e. The predicted molar refractivity (Wildman–Crippen MR) is 99.1 cm³/mol. The zero-order valence-corrected chi connectivity index (χ0v) is 14.5. The lowest BCUT2D eigenvalue weighted by Crippen LogP contribution is -2.47. The van der Waals surface area contributed by atoms with Crippen molar-refractivity contribution in [3.8, 4) is 17.2 Å². The first-order valence-corrected chi connectivity index (χ1v) is 8.76. The summed E-state index contributed by atoms with van der Waals surface area (Å²) in [5.74, 6) is 0.0678.